The summed E-state index contributed by atoms with van der Waals surface area (Å²) in [6.07, 6.45) is 4.14. The number of amides is 1. The Bertz CT molecular complexity index is 969. The second-order valence-corrected chi connectivity index (χ2v) is 11.2. The summed E-state index contributed by atoms with van der Waals surface area (Å²) in [5.41, 5.74) is 1.57. The Morgan fingerprint density at radius 1 is 1.41 bits per heavy atom. The normalized spacial score (nSPS) is 22.8. The number of ether oxygens (including phenoxy) is 1. The third kappa shape index (κ3) is 3.98. The van der Waals surface area contributed by atoms with Crippen LogP contribution < -0.4 is 4.90 Å². The molecule has 2 aliphatic rings. The van der Waals surface area contributed by atoms with Crippen LogP contribution in [0.4, 0.5) is 5.69 Å². The molecule has 5 nitrogen and oxygen atoms in total. The molecule has 1 saturated heterocycles. The number of carbonyl (C=O) groups is 2. The lowest BCUT2D eigenvalue weighted by Gasteiger charge is -2.21. The molecule has 2 aromatic rings. The Kier molecular flexibility index (Phi) is 6.30. The highest BCUT2D eigenvalue weighted by Gasteiger charge is 2.46. The number of hydrogen-bond donors (Lipinski definition) is 0. The van der Waals surface area contributed by atoms with Crippen molar-refractivity contribution >= 4 is 84.0 Å². The van der Waals surface area contributed by atoms with Gasteiger partial charge in [0, 0.05) is 16.3 Å². The lowest BCUT2D eigenvalue weighted by Crippen LogP contribution is -2.30. The Labute approximate surface area is 191 Å². The maximum absolute atomic E-state index is 13.1. The molecule has 1 aromatic heterocycles. The van der Waals surface area contributed by atoms with Crippen molar-refractivity contribution in [3.63, 3.8) is 0 Å². The van der Waals surface area contributed by atoms with Gasteiger partial charge in [0.1, 0.15) is 5.25 Å². The molecule has 154 valence electrons. The zero-order valence-corrected chi connectivity index (χ0v) is 20.2. The van der Waals surface area contributed by atoms with Crippen molar-refractivity contribution in [3.05, 3.63) is 16.6 Å². The van der Waals surface area contributed by atoms with Crippen molar-refractivity contribution in [2.45, 2.75) is 49.1 Å². The zero-order chi connectivity index (χ0) is 20.7. The fourth-order valence-corrected chi connectivity index (χ4v) is 7.37. The number of fused-ring (bicyclic) bond motifs is 2. The Morgan fingerprint density at radius 3 is 2.83 bits per heavy atom. The van der Waals surface area contributed by atoms with Crippen LogP contribution in [0.25, 0.3) is 10.2 Å². The van der Waals surface area contributed by atoms with Gasteiger partial charge in [0.2, 0.25) is 5.91 Å². The highest BCUT2D eigenvalue weighted by molar-refractivity contribution is 9.10. The summed E-state index contributed by atoms with van der Waals surface area (Å²) >= 11 is 12.3. The summed E-state index contributed by atoms with van der Waals surface area (Å²) in [6.45, 7) is 3.98. The van der Waals surface area contributed by atoms with E-state index in [1.54, 1.807) is 11.8 Å². The fourth-order valence-electron chi connectivity index (χ4n) is 4.00. The lowest BCUT2D eigenvalue weighted by molar-refractivity contribution is -0.142. The molecule has 1 aliphatic carbocycles. The number of halogens is 1. The van der Waals surface area contributed by atoms with Crippen molar-refractivity contribution in [1.82, 2.24) is 4.98 Å². The molecule has 1 amide bonds. The Hall–Kier alpha value is -1.03. The largest absolute Gasteiger partial charge is 0.465 e. The highest BCUT2D eigenvalue weighted by atomic mass is 79.9. The van der Waals surface area contributed by atoms with Gasteiger partial charge in [0.05, 0.1) is 27.5 Å². The van der Waals surface area contributed by atoms with E-state index in [4.69, 9.17) is 17.0 Å². The number of aromatic nitrogens is 1. The Balaban J connectivity index is 1.63. The number of benzene rings is 1. The molecule has 0 bridgehead atoms. The third-order valence-corrected chi connectivity index (χ3v) is 8.73. The molecule has 1 aromatic carbocycles. The first kappa shape index (κ1) is 21.2. The molecule has 29 heavy (non-hydrogen) atoms. The maximum Gasteiger partial charge on any atom is 0.319 e. The minimum absolute atomic E-state index is 0.0193. The van der Waals surface area contributed by atoms with Gasteiger partial charge in [-0.1, -0.05) is 36.8 Å². The number of hydrogen-bond acceptors (Lipinski definition) is 7. The van der Waals surface area contributed by atoms with Crippen LogP contribution in [0.3, 0.4) is 0 Å². The molecule has 0 spiro atoms. The molecular weight excluding hydrogens is 492 g/mol. The van der Waals surface area contributed by atoms with E-state index in [0.29, 0.717) is 6.61 Å². The number of esters is 1. The average molecular weight is 514 g/mol. The maximum atomic E-state index is 13.1. The van der Waals surface area contributed by atoms with E-state index in [1.165, 1.54) is 23.1 Å². The molecule has 2 fully saturated rings. The summed E-state index contributed by atoms with van der Waals surface area (Å²) in [5.74, 6) is 0.0707. The summed E-state index contributed by atoms with van der Waals surface area (Å²) < 4.78 is 7.70. The lowest BCUT2D eigenvalue weighted by atomic mass is 9.81. The standard InChI is InChI=1S/C20H21BrN2O3S3/c1-3-26-19(25)10(2)28-20-22-14-9-15(13(21)8-16(14)29-20)23-17(24)11-6-4-5-7-12(11)18(23)27/h8-12H,3-7H2,1-2H3. The van der Waals surface area contributed by atoms with Crippen molar-refractivity contribution in [2.75, 3.05) is 11.5 Å². The monoisotopic (exact) mass is 512 g/mol. The van der Waals surface area contributed by atoms with Crippen LogP contribution in [0.2, 0.25) is 0 Å². The molecule has 3 atom stereocenters. The van der Waals surface area contributed by atoms with E-state index >= 15 is 0 Å². The van der Waals surface area contributed by atoms with Crippen LogP contribution in [0.5, 0.6) is 0 Å². The second-order valence-electron chi connectivity index (χ2n) is 7.27. The first-order valence-corrected chi connectivity index (χ1v) is 12.6. The van der Waals surface area contributed by atoms with E-state index < -0.39 is 0 Å². The van der Waals surface area contributed by atoms with Crippen molar-refractivity contribution < 1.29 is 14.3 Å². The molecule has 1 saturated carbocycles. The number of nitrogens with zero attached hydrogens (tertiary/aromatic N) is 2. The molecule has 0 radical (unpaired) electrons. The predicted octanol–water partition coefficient (Wildman–Crippen LogP) is 5.58. The topological polar surface area (TPSA) is 59.5 Å². The summed E-state index contributed by atoms with van der Waals surface area (Å²) in [7, 11) is 0. The molecular formula is C20H21BrN2O3S3. The van der Waals surface area contributed by atoms with Crippen LogP contribution in [0.1, 0.15) is 39.5 Å². The van der Waals surface area contributed by atoms with Gasteiger partial charge < -0.3 is 4.74 Å². The first-order valence-electron chi connectivity index (χ1n) is 9.72. The highest BCUT2D eigenvalue weighted by Crippen LogP contribution is 2.44. The Morgan fingerprint density at radius 2 is 2.14 bits per heavy atom. The van der Waals surface area contributed by atoms with Gasteiger partial charge in [0.15, 0.2) is 4.34 Å². The zero-order valence-electron chi connectivity index (χ0n) is 16.1. The summed E-state index contributed by atoms with van der Waals surface area (Å²) in [5, 5.41) is -0.325. The molecule has 0 N–H and O–H groups in total. The number of anilines is 1. The number of thioether (sulfide) groups is 1. The fraction of sp³-hybridized carbons (Fsp3) is 0.500. The van der Waals surface area contributed by atoms with Crippen LogP contribution in [-0.4, -0.2) is 33.7 Å². The quantitative estimate of drug-likeness (QED) is 0.296. The van der Waals surface area contributed by atoms with Crippen molar-refractivity contribution in [2.24, 2.45) is 11.8 Å². The van der Waals surface area contributed by atoms with Crippen molar-refractivity contribution in [3.8, 4) is 0 Å². The van der Waals surface area contributed by atoms with E-state index in [1.807, 2.05) is 19.1 Å². The van der Waals surface area contributed by atoms with Gasteiger partial charge in [-0.2, -0.15) is 0 Å². The molecule has 2 heterocycles. The number of carbonyl (C=O) groups excluding carboxylic acids is 2. The number of thiocarbonyl (C=S) groups is 1. The SMILES string of the molecule is CCOC(=O)C(C)Sc1nc2cc(N3C(=O)C4CCCCC4C3=S)c(Br)cc2s1. The second kappa shape index (κ2) is 8.61. The molecule has 4 rings (SSSR count). The molecule has 3 unspecified atom stereocenters. The van der Waals surface area contributed by atoms with Crippen LogP contribution in [0.15, 0.2) is 20.9 Å². The summed E-state index contributed by atoms with van der Waals surface area (Å²) in [6, 6.07) is 3.91. The average Bonchev–Trinajstić information content (AvgIpc) is 3.19. The minimum Gasteiger partial charge on any atom is -0.465 e. The van der Waals surface area contributed by atoms with Gasteiger partial charge in [0.25, 0.3) is 0 Å². The molecule has 1 aliphatic heterocycles. The predicted molar refractivity (Wildman–Crippen MR) is 125 cm³/mol. The summed E-state index contributed by atoms with van der Waals surface area (Å²) in [4.78, 5) is 32.1. The van der Waals surface area contributed by atoms with Crippen LogP contribution in [-0.2, 0) is 14.3 Å². The van der Waals surface area contributed by atoms with Gasteiger partial charge in [-0.25, -0.2) is 4.98 Å². The van der Waals surface area contributed by atoms with Crippen LogP contribution >= 0.6 is 51.2 Å². The first-order chi connectivity index (χ1) is 13.9. The minimum atomic E-state index is -0.325. The number of rotatable bonds is 5. The van der Waals surface area contributed by atoms with E-state index in [2.05, 4.69) is 20.9 Å². The van der Waals surface area contributed by atoms with Crippen molar-refractivity contribution in [1.29, 1.82) is 0 Å². The van der Waals surface area contributed by atoms with Crippen LogP contribution in [0, 0.1) is 11.8 Å². The van der Waals surface area contributed by atoms with E-state index in [-0.39, 0.29) is 29.0 Å². The van der Waals surface area contributed by atoms with Gasteiger partial charge in [-0.05, 0) is 54.8 Å². The van der Waals surface area contributed by atoms with Gasteiger partial charge in [-0.3, -0.25) is 14.5 Å². The van der Waals surface area contributed by atoms with E-state index in [9.17, 15) is 9.59 Å². The molecule has 9 heteroatoms. The van der Waals surface area contributed by atoms with Gasteiger partial charge in [-0.15, -0.1) is 11.3 Å². The van der Waals surface area contributed by atoms with E-state index in [0.717, 1.165) is 55.4 Å². The smallest absolute Gasteiger partial charge is 0.319 e. The van der Waals surface area contributed by atoms with Gasteiger partial charge >= 0.3 is 5.97 Å². The third-order valence-electron chi connectivity index (χ3n) is 5.42. The number of thiazole rings is 1.